The molecule has 0 bridgehead atoms. The number of rotatable bonds is 19. The number of ether oxygens (including phenoxy) is 2. The van der Waals surface area contributed by atoms with E-state index in [9.17, 15) is 0 Å². The van der Waals surface area contributed by atoms with Gasteiger partial charge in [-0.3, -0.25) is 0 Å². The van der Waals surface area contributed by atoms with Crippen LogP contribution in [-0.2, 0) is 22.3 Å². The zero-order chi connectivity index (χ0) is 23.6. The van der Waals surface area contributed by atoms with Gasteiger partial charge in [-0.1, -0.05) is 120 Å². The Labute approximate surface area is 204 Å². The van der Waals surface area contributed by atoms with Gasteiger partial charge in [0, 0.05) is 18.6 Å². The summed E-state index contributed by atoms with van der Waals surface area (Å²) < 4.78 is 12.6. The first-order chi connectivity index (χ1) is 16.2. The summed E-state index contributed by atoms with van der Waals surface area (Å²) in [7, 11) is 0. The molecule has 2 rings (SSSR count). The lowest BCUT2D eigenvalue weighted by Crippen LogP contribution is -2.40. The van der Waals surface area contributed by atoms with E-state index < -0.39 is 0 Å². The number of hydrogen-bond acceptors (Lipinski definition) is 2. The van der Waals surface area contributed by atoms with Crippen molar-refractivity contribution in [3.05, 3.63) is 71.8 Å². The zero-order valence-corrected chi connectivity index (χ0v) is 21.6. The molecule has 0 saturated carbocycles. The largest absolute Gasteiger partial charge is 0.381 e. The normalized spacial score (nSPS) is 11.9. The van der Waals surface area contributed by atoms with Crippen LogP contribution >= 0.6 is 0 Å². The van der Waals surface area contributed by atoms with Crippen LogP contribution in [0.1, 0.15) is 83.3 Å². The number of hydrogen-bond donors (Lipinski definition) is 0. The molecule has 0 unspecified atom stereocenters. The molecule has 2 heteroatoms. The summed E-state index contributed by atoms with van der Waals surface area (Å²) >= 11 is 0. The Hall–Kier alpha value is -1.64. The van der Waals surface area contributed by atoms with Gasteiger partial charge in [0.25, 0.3) is 0 Å². The summed E-state index contributed by atoms with van der Waals surface area (Å²) in [6.07, 6.45) is 12.1. The average molecular weight is 453 g/mol. The molecule has 0 aliphatic carbocycles. The van der Waals surface area contributed by atoms with Gasteiger partial charge in [0.15, 0.2) is 0 Å². The Balaban J connectivity index is 2.10. The van der Waals surface area contributed by atoms with E-state index in [2.05, 4.69) is 81.4 Å². The third kappa shape index (κ3) is 11.4. The second kappa shape index (κ2) is 16.9. The van der Waals surface area contributed by atoms with Crippen molar-refractivity contribution in [2.24, 2.45) is 11.3 Å². The van der Waals surface area contributed by atoms with Crippen LogP contribution in [0.3, 0.4) is 0 Å². The predicted molar refractivity (Wildman–Crippen MR) is 142 cm³/mol. The molecule has 0 saturated heterocycles. The molecule has 0 aliphatic rings. The predicted octanol–water partition coefficient (Wildman–Crippen LogP) is 8.29. The van der Waals surface area contributed by atoms with Crippen molar-refractivity contribution in [2.45, 2.75) is 85.0 Å². The second-order valence-electron chi connectivity index (χ2n) is 9.96. The molecule has 0 amide bonds. The van der Waals surface area contributed by atoms with Crippen molar-refractivity contribution in [3.8, 4) is 0 Å². The monoisotopic (exact) mass is 452 g/mol. The van der Waals surface area contributed by atoms with Gasteiger partial charge in [0.05, 0.1) is 13.2 Å². The van der Waals surface area contributed by atoms with E-state index in [-0.39, 0.29) is 5.41 Å². The van der Waals surface area contributed by atoms with Crippen LogP contribution in [0.15, 0.2) is 60.7 Å². The molecule has 0 fully saturated rings. The molecular weight excluding hydrogens is 404 g/mol. The minimum atomic E-state index is -0.0266. The Morgan fingerprint density at radius 3 is 1.42 bits per heavy atom. The van der Waals surface area contributed by atoms with Crippen LogP contribution in [0, 0.1) is 11.3 Å². The van der Waals surface area contributed by atoms with E-state index in [0.717, 1.165) is 52.1 Å². The highest BCUT2D eigenvalue weighted by Crippen LogP contribution is 2.34. The summed E-state index contributed by atoms with van der Waals surface area (Å²) in [5, 5.41) is 0. The lowest BCUT2D eigenvalue weighted by Gasteiger charge is -2.38. The summed E-state index contributed by atoms with van der Waals surface area (Å²) in [6, 6.07) is 21.9. The van der Waals surface area contributed by atoms with Crippen LogP contribution in [0.4, 0.5) is 0 Å². The molecule has 33 heavy (non-hydrogen) atoms. The topological polar surface area (TPSA) is 18.5 Å². The summed E-state index contributed by atoms with van der Waals surface area (Å²) in [6.45, 7) is 10.1. The van der Waals surface area contributed by atoms with E-state index in [0.29, 0.717) is 5.92 Å². The van der Waals surface area contributed by atoms with Crippen LogP contribution in [0.2, 0.25) is 0 Å². The highest BCUT2D eigenvalue weighted by Gasteiger charge is 2.35. The van der Waals surface area contributed by atoms with Crippen LogP contribution in [-0.4, -0.2) is 26.4 Å². The first-order valence-electron chi connectivity index (χ1n) is 13.4. The molecule has 2 aromatic carbocycles. The van der Waals surface area contributed by atoms with Gasteiger partial charge in [0.1, 0.15) is 0 Å². The molecule has 0 heterocycles. The van der Waals surface area contributed by atoms with Gasteiger partial charge in [-0.25, -0.2) is 0 Å². The second-order valence-corrected chi connectivity index (χ2v) is 9.96. The molecule has 184 valence electrons. The minimum absolute atomic E-state index is 0.0266. The van der Waals surface area contributed by atoms with Crippen LogP contribution in [0.5, 0.6) is 0 Å². The summed E-state index contributed by atoms with van der Waals surface area (Å²) in [5.74, 6) is 0.452. The fraction of sp³-hybridized carbons (Fsp3) is 0.613. The van der Waals surface area contributed by atoms with E-state index in [1.54, 1.807) is 0 Å². The first-order valence-corrected chi connectivity index (χ1v) is 13.4. The third-order valence-electron chi connectivity index (χ3n) is 6.78. The number of benzene rings is 2. The van der Waals surface area contributed by atoms with E-state index in [1.807, 2.05) is 0 Å². The van der Waals surface area contributed by atoms with E-state index >= 15 is 0 Å². The molecule has 0 atom stereocenters. The zero-order valence-electron chi connectivity index (χ0n) is 21.6. The van der Waals surface area contributed by atoms with Crippen LogP contribution < -0.4 is 0 Å². The van der Waals surface area contributed by atoms with Crippen molar-refractivity contribution < 1.29 is 9.47 Å². The van der Waals surface area contributed by atoms with Gasteiger partial charge in [-0.05, 0) is 42.7 Å². The molecular formula is C31H48O2. The van der Waals surface area contributed by atoms with Gasteiger partial charge in [0.2, 0.25) is 0 Å². The van der Waals surface area contributed by atoms with Gasteiger partial charge >= 0.3 is 0 Å². The maximum Gasteiger partial charge on any atom is 0.0544 e. The van der Waals surface area contributed by atoms with Crippen LogP contribution in [0.25, 0.3) is 0 Å². The third-order valence-corrected chi connectivity index (χ3v) is 6.78. The fourth-order valence-corrected chi connectivity index (χ4v) is 4.51. The molecule has 2 nitrogen and oxygen atoms in total. The Morgan fingerprint density at radius 2 is 1.03 bits per heavy atom. The fourth-order valence-electron chi connectivity index (χ4n) is 4.51. The molecule has 0 spiro atoms. The van der Waals surface area contributed by atoms with Crippen molar-refractivity contribution in [1.29, 1.82) is 0 Å². The van der Waals surface area contributed by atoms with Gasteiger partial charge < -0.3 is 9.47 Å². The van der Waals surface area contributed by atoms with Crippen molar-refractivity contribution in [3.63, 3.8) is 0 Å². The molecule has 0 radical (unpaired) electrons. The van der Waals surface area contributed by atoms with Crippen molar-refractivity contribution >= 4 is 0 Å². The smallest absolute Gasteiger partial charge is 0.0544 e. The van der Waals surface area contributed by atoms with Gasteiger partial charge in [-0.15, -0.1) is 0 Å². The lowest BCUT2D eigenvalue weighted by molar-refractivity contribution is -0.0466. The Morgan fingerprint density at radius 1 is 0.606 bits per heavy atom. The minimum Gasteiger partial charge on any atom is -0.381 e. The Bertz CT molecular complexity index is 640. The maximum absolute atomic E-state index is 6.32. The highest BCUT2D eigenvalue weighted by atomic mass is 16.5. The molecule has 0 aromatic heterocycles. The lowest BCUT2D eigenvalue weighted by atomic mass is 9.72. The Kier molecular flexibility index (Phi) is 14.1. The van der Waals surface area contributed by atoms with E-state index in [4.69, 9.17) is 9.47 Å². The van der Waals surface area contributed by atoms with E-state index in [1.165, 1.54) is 49.7 Å². The van der Waals surface area contributed by atoms with Gasteiger partial charge in [-0.2, -0.15) is 0 Å². The average Bonchev–Trinajstić information content (AvgIpc) is 2.84. The van der Waals surface area contributed by atoms with Crippen molar-refractivity contribution in [1.82, 2.24) is 0 Å². The standard InChI is InChI=1S/C31H48O2/c1-4-6-8-16-22-32-26-31(3,27-33-23-17-9-7-5-2)30(24-28-18-12-10-13-19-28)25-29-20-14-11-15-21-29/h10-15,18-21,30H,4-9,16-17,22-27H2,1-3H3. The summed E-state index contributed by atoms with van der Waals surface area (Å²) in [4.78, 5) is 0. The number of unbranched alkanes of at least 4 members (excludes halogenated alkanes) is 6. The summed E-state index contributed by atoms with van der Waals surface area (Å²) in [5.41, 5.74) is 2.77. The molecule has 2 aromatic rings. The quantitative estimate of drug-likeness (QED) is 0.200. The molecule has 0 aliphatic heterocycles. The first kappa shape index (κ1) is 27.6. The SMILES string of the molecule is CCCCCCOCC(C)(COCCCCCC)C(Cc1ccccc1)Cc1ccccc1. The van der Waals surface area contributed by atoms with Crippen molar-refractivity contribution in [2.75, 3.05) is 26.4 Å². The maximum atomic E-state index is 6.32. The molecule has 0 N–H and O–H groups in total. The highest BCUT2D eigenvalue weighted by molar-refractivity contribution is 5.19.